The molecule has 0 fully saturated rings. The summed E-state index contributed by atoms with van der Waals surface area (Å²) in [6, 6.07) is 16.2. The molecule has 1 aromatic heterocycles. The lowest BCUT2D eigenvalue weighted by molar-refractivity contribution is 0.302. The fourth-order valence-electron chi connectivity index (χ4n) is 2.41. The number of hydrogen-bond donors (Lipinski definition) is 1. The Balaban J connectivity index is 1.67. The number of rotatable bonds is 5. The number of ether oxygens (including phenoxy) is 1. The Morgan fingerprint density at radius 3 is 2.76 bits per heavy atom. The van der Waals surface area contributed by atoms with Crippen LogP contribution in [-0.2, 0) is 6.54 Å². The summed E-state index contributed by atoms with van der Waals surface area (Å²) < 4.78 is 8.64. The third-order valence-corrected chi connectivity index (χ3v) is 3.79. The maximum atomic E-state index is 5.72. The zero-order chi connectivity index (χ0) is 14.7. The number of aromatic amines is 1. The first kappa shape index (κ1) is 13.9. The Morgan fingerprint density at radius 1 is 1.14 bits per heavy atom. The Morgan fingerprint density at radius 2 is 1.95 bits per heavy atom. The van der Waals surface area contributed by atoms with Crippen LogP contribution < -0.4 is 4.74 Å². The summed E-state index contributed by atoms with van der Waals surface area (Å²) >= 11 is 5.41. The number of fused-ring (bicyclic) bond motifs is 1. The van der Waals surface area contributed by atoms with E-state index in [-0.39, 0.29) is 0 Å². The van der Waals surface area contributed by atoms with Gasteiger partial charge in [0.15, 0.2) is 4.77 Å². The average molecular weight is 298 g/mol. The summed E-state index contributed by atoms with van der Waals surface area (Å²) in [6.45, 7) is 3.64. The van der Waals surface area contributed by atoms with Crippen molar-refractivity contribution in [3.8, 4) is 5.75 Å². The lowest BCUT2D eigenvalue weighted by atomic mass is 10.2. The maximum Gasteiger partial charge on any atom is 0.178 e. The van der Waals surface area contributed by atoms with Crippen molar-refractivity contribution >= 4 is 23.3 Å². The molecular formula is C17H18N2OS. The first-order valence-corrected chi connectivity index (χ1v) is 7.52. The molecule has 0 atom stereocenters. The van der Waals surface area contributed by atoms with E-state index < -0.39 is 0 Å². The topological polar surface area (TPSA) is 29.9 Å². The highest BCUT2D eigenvalue weighted by Crippen LogP contribution is 2.16. The smallest absolute Gasteiger partial charge is 0.178 e. The lowest BCUT2D eigenvalue weighted by Crippen LogP contribution is -2.04. The molecule has 0 amide bonds. The molecule has 1 N–H and O–H groups in total. The Labute approximate surface area is 129 Å². The van der Waals surface area contributed by atoms with E-state index in [9.17, 15) is 0 Å². The van der Waals surface area contributed by atoms with Gasteiger partial charge in [0.25, 0.3) is 0 Å². The van der Waals surface area contributed by atoms with Crippen molar-refractivity contribution in [3.63, 3.8) is 0 Å². The molecule has 3 rings (SSSR count). The van der Waals surface area contributed by atoms with E-state index in [4.69, 9.17) is 17.0 Å². The van der Waals surface area contributed by atoms with E-state index in [2.05, 4.69) is 34.7 Å². The molecule has 0 aliphatic carbocycles. The number of nitrogens with zero attached hydrogens (tertiary/aromatic N) is 1. The van der Waals surface area contributed by atoms with Crippen molar-refractivity contribution < 1.29 is 4.74 Å². The van der Waals surface area contributed by atoms with Crippen LogP contribution in [-0.4, -0.2) is 16.2 Å². The summed E-state index contributed by atoms with van der Waals surface area (Å²) in [4.78, 5) is 3.25. The van der Waals surface area contributed by atoms with Crippen molar-refractivity contribution in [1.29, 1.82) is 0 Å². The standard InChI is InChI=1S/C17H18N2OS/c1-13-8-9-15-16(12-13)19(17(21)18-15)10-5-11-20-14-6-3-2-4-7-14/h2-4,6-9,12H,5,10-11H2,1H3,(H,18,21). The molecule has 3 aromatic rings. The van der Waals surface area contributed by atoms with Crippen molar-refractivity contribution in [1.82, 2.24) is 9.55 Å². The number of H-pyrrole nitrogens is 1. The van der Waals surface area contributed by atoms with Crippen LogP contribution >= 0.6 is 12.2 Å². The number of nitrogens with one attached hydrogen (secondary N) is 1. The van der Waals surface area contributed by atoms with Crippen LogP contribution in [0.25, 0.3) is 11.0 Å². The van der Waals surface area contributed by atoms with Crippen LogP contribution in [0.2, 0.25) is 0 Å². The van der Waals surface area contributed by atoms with E-state index in [0.29, 0.717) is 6.61 Å². The van der Waals surface area contributed by atoms with Crippen LogP contribution in [0.3, 0.4) is 0 Å². The van der Waals surface area contributed by atoms with Gasteiger partial charge >= 0.3 is 0 Å². The zero-order valence-electron chi connectivity index (χ0n) is 12.0. The monoisotopic (exact) mass is 298 g/mol. The number of hydrogen-bond acceptors (Lipinski definition) is 2. The van der Waals surface area contributed by atoms with Gasteiger partial charge in [-0.2, -0.15) is 0 Å². The van der Waals surface area contributed by atoms with Gasteiger partial charge in [0.1, 0.15) is 5.75 Å². The third-order valence-electron chi connectivity index (χ3n) is 3.47. The molecule has 0 saturated carbocycles. The fourth-order valence-corrected chi connectivity index (χ4v) is 2.71. The second kappa shape index (κ2) is 6.14. The zero-order valence-corrected chi connectivity index (χ0v) is 12.8. The van der Waals surface area contributed by atoms with Crippen LogP contribution in [0.1, 0.15) is 12.0 Å². The second-order valence-electron chi connectivity index (χ2n) is 5.12. The molecule has 21 heavy (non-hydrogen) atoms. The molecule has 0 aliphatic rings. The van der Waals surface area contributed by atoms with E-state index in [1.54, 1.807) is 0 Å². The van der Waals surface area contributed by atoms with Gasteiger partial charge in [-0.3, -0.25) is 0 Å². The minimum Gasteiger partial charge on any atom is -0.494 e. The number of aromatic nitrogens is 2. The third kappa shape index (κ3) is 3.16. The summed E-state index contributed by atoms with van der Waals surface area (Å²) in [5.41, 5.74) is 3.50. The Bertz CT molecular complexity index is 789. The Hall–Kier alpha value is -2.07. The highest BCUT2D eigenvalue weighted by Gasteiger charge is 2.04. The van der Waals surface area contributed by atoms with Gasteiger partial charge in [-0.25, -0.2) is 0 Å². The van der Waals surface area contributed by atoms with Crippen molar-refractivity contribution in [2.75, 3.05) is 6.61 Å². The number of imidazole rings is 1. The first-order valence-electron chi connectivity index (χ1n) is 7.11. The second-order valence-corrected chi connectivity index (χ2v) is 5.50. The normalized spacial score (nSPS) is 10.9. The number of para-hydroxylation sites is 1. The predicted octanol–water partition coefficient (Wildman–Crippen LogP) is 4.48. The summed E-state index contributed by atoms with van der Waals surface area (Å²) in [6.07, 6.45) is 0.921. The largest absolute Gasteiger partial charge is 0.494 e. The lowest BCUT2D eigenvalue weighted by Gasteiger charge is -2.07. The van der Waals surface area contributed by atoms with Crippen LogP contribution in [0.5, 0.6) is 5.75 Å². The number of benzene rings is 2. The summed E-state index contributed by atoms with van der Waals surface area (Å²) in [7, 11) is 0. The van der Waals surface area contributed by atoms with Gasteiger partial charge < -0.3 is 14.3 Å². The Kier molecular flexibility index (Phi) is 4.06. The molecule has 2 aromatic carbocycles. The van der Waals surface area contributed by atoms with E-state index in [0.717, 1.165) is 29.0 Å². The molecule has 3 nitrogen and oxygen atoms in total. The van der Waals surface area contributed by atoms with Crippen LogP contribution in [0.15, 0.2) is 48.5 Å². The quantitative estimate of drug-likeness (QED) is 0.556. The number of aryl methyl sites for hydroxylation is 2. The highest BCUT2D eigenvalue weighted by atomic mass is 32.1. The average Bonchev–Trinajstić information content (AvgIpc) is 2.80. The van der Waals surface area contributed by atoms with Gasteiger partial charge in [-0.15, -0.1) is 0 Å². The van der Waals surface area contributed by atoms with Crippen molar-refractivity contribution in [3.05, 3.63) is 58.9 Å². The van der Waals surface area contributed by atoms with E-state index >= 15 is 0 Å². The molecule has 4 heteroatoms. The van der Waals surface area contributed by atoms with Crippen LogP contribution in [0.4, 0.5) is 0 Å². The van der Waals surface area contributed by atoms with Gasteiger partial charge in [-0.05, 0) is 55.4 Å². The van der Waals surface area contributed by atoms with Gasteiger partial charge in [-0.1, -0.05) is 24.3 Å². The molecule has 0 saturated heterocycles. The molecule has 0 unspecified atom stereocenters. The molecule has 0 bridgehead atoms. The minimum absolute atomic E-state index is 0.685. The fraction of sp³-hybridized carbons (Fsp3) is 0.235. The highest BCUT2D eigenvalue weighted by molar-refractivity contribution is 7.71. The molecule has 0 spiro atoms. The maximum absolute atomic E-state index is 5.72. The molecule has 0 radical (unpaired) electrons. The van der Waals surface area contributed by atoms with Crippen molar-refractivity contribution in [2.45, 2.75) is 19.9 Å². The van der Waals surface area contributed by atoms with Crippen LogP contribution in [0, 0.1) is 11.7 Å². The van der Waals surface area contributed by atoms with Gasteiger partial charge in [0.05, 0.1) is 17.6 Å². The molecule has 1 heterocycles. The predicted molar refractivity (Wildman–Crippen MR) is 88.4 cm³/mol. The summed E-state index contributed by atoms with van der Waals surface area (Å²) in [5.74, 6) is 0.913. The molecular weight excluding hydrogens is 280 g/mol. The van der Waals surface area contributed by atoms with Gasteiger partial charge in [0, 0.05) is 6.54 Å². The minimum atomic E-state index is 0.685. The first-order chi connectivity index (χ1) is 10.2. The molecule has 108 valence electrons. The van der Waals surface area contributed by atoms with Gasteiger partial charge in [0.2, 0.25) is 0 Å². The van der Waals surface area contributed by atoms with Crippen molar-refractivity contribution in [2.24, 2.45) is 0 Å². The van der Waals surface area contributed by atoms with E-state index in [1.807, 2.05) is 30.3 Å². The summed E-state index contributed by atoms with van der Waals surface area (Å²) in [5, 5.41) is 0. The SMILES string of the molecule is Cc1ccc2[nH]c(=S)n(CCCOc3ccccc3)c2c1. The molecule has 0 aliphatic heterocycles. The van der Waals surface area contributed by atoms with E-state index in [1.165, 1.54) is 11.1 Å².